The van der Waals surface area contributed by atoms with Crippen LogP contribution in [-0.2, 0) is 11.2 Å². The zero-order valence-electron chi connectivity index (χ0n) is 18.7. The summed E-state index contributed by atoms with van der Waals surface area (Å²) in [6.07, 6.45) is 0.964. The average Bonchev–Trinajstić information content (AvgIpc) is 3.34. The summed E-state index contributed by atoms with van der Waals surface area (Å²) in [6.45, 7) is 1.25. The van der Waals surface area contributed by atoms with Gasteiger partial charge in [0.05, 0.1) is 23.0 Å². The molecule has 3 aromatic carbocycles. The van der Waals surface area contributed by atoms with Gasteiger partial charge in [0.2, 0.25) is 5.91 Å². The van der Waals surface area contributed by atoms with E-state index in [0.717, 1.165) is 22.9 Å². The van der Waals surface area contributed by atoms with Crippen LogP contribution in [0.4, 0.5) is 0 Å². The Kier molecular flexibility index (Phi) is 8.39. The van der Waals surface area contributed by atoms with E-state index in [4.69, 9.17) is 16.6 Å². The molecule has 1 heterocycles. The smallest absolute Gasteiger partial charge is 0.253 e. The van der Waals surface area contributed by atoms with Crippen LogP contribution in [0.2, 0.25) is 5.02 Å². The van der Waals surface area contributed by atoms with Gasteiger partial charge in [-0.05, 0) is 29.7 Å². The van der Waals surface area contributed by atoms with E-state index in [0.29, 0.717) is 23.7 Å². The standard InChI is InChI=1S/C27H26ClN3O2S/c28-23-14-8-7-13-22(23)26(33)30-24(21-11-5-2-6-12-21)19-25(32)31-17-18-34-27(31)29-16-15-20-9-3-1-4-10-20/h1-14,24H,15-19H2,(H,30,33)/t24-/m0/s1. The molecule has 3 aromatic rings. The molecule has 2 amide bonds. The van der Waals surface area contributed by atoms with Gasteiger partial charge in [-0.1, -0.05) is 96.2 Å². The first kappa shape index (κ1) is 24.0. The van der Waals surface area contributed by atoms with E-state index in [9.17, 15) is 9.59 Å². The predicted molar refractivity (Wildman–Crippen MR) is 139 cm³/mol. The van der Waals surface area contributed by atoms with E-state index < -0.39 is 6.04 Å². The van der Waals surface area contributed by atoms with E-state index in [1.54, 1.807) is 40.9 Å². The Morgan fingerprint density at radius 1 is 0.971 bits per heavy atom. The van der Waals surface area contributed by atoms with E-state index in [1.807, 2.05) is 48.5 Å². The summed E-state index contributed by atoms with van der Waals surface area (Å²) in [6, 6.07) is 26.2. The Hall–Kier alpha value is -3.09. The number of hydrogen-bond donors (Lipinski definition) is 1. The molecule has 174 valence electrons. The number of aliphatic imine (C=N–C) groups is 1. The van der Waals surface area contributed by atoms with Crippen LogP contribution in [0.25, 0.3) is 0 Å². The minimum Gasteiger partial charge on any atom is -0.345 e. The average molecular weight is 492 g/mol. The number of amides is 2. The Labute approximate surface area is 209 Å². The van der Waals surface area contributed by atoms with Crippen molar-refractivity contribution in [3.8, 4) is 0 Å². The molecular weight excluding hydrogens is 466 g/mol. The lowest BCUT2D eigenvalue weighted by Gasteiger charge is -2.23. The predicted octanol–water partition coefficient (Wildman–Crippen LogP) is 5.38. The number of benzene rings is 3. The van der Waals surface area contributed by atoms with Gasteiger partial charge in [0, 0.05) is 18.8 Å². The summed E-state index contributed by atoms with van der Waals surface area (Å²) in [4.78, 5) is 32.7. The summed E-state index contributed by atoms with van der Waals surface area (Å²) < 4.78 is 0. The van der Waals surface area contributed by atoms with Crippen LogP contribution in [-0.4, -0.2) is 40.7 Å². The minimum atomic E-state index is -0.478. The fourth-order valence-electron chi connectivity index (χ4n) is 3.79. The van der Waals surface area contributed by atoms with Crippen molar-refractivity contribution >= 4 is 40.3 Å². The van der Waals surface area contributed by atoms with Gasteiger partial charge in [-0.3, -0.25) is 19.5 Å². The van der Waals surface area contributed by atoms with Crippen LogP contribution in [0.1, 0.15) is 33.9 Å². The molecule has 4 rings (SSSR count). The number of nitrogens with zero attached hydrogens (tertiary/aromatic N) is 2. The Morgan fingerprint density at radius 2 is 1.65 bits per heavy atom. The monoisotopic (exact) mass is 491 g/mol. The van der Waals surface area contributed by atoms with Crippen molar-refractivity contribution in [1.29, 1.82) is 0 Å². The molecule has 34 heavy (non-hydrogen) atoms. The zero-order valence-corrected chi connectivity index (χ0v) is 20.3. The third-order valence-corrected chi connectivity index (χ3v) is 6.90. The second-order valence-corrected chi connectivity index (χ2v) is 9.38. The molecule has 0 unspecified atom stereocenters. The molecule has 0 bridgehead atoms. The second-order valence-electron chi connectivity index (χ2n) is 7.91. The molecule has 1 fully saturated rings. The van der Waals surface area contributed by atoms with Crippen LogP contribution in [0.5, 0.6) is 0 Å². The number of carbonyl (C=O) groups excluding carboxylic acids is 2. The molecule has 1 N–H and O–H groups in total. The maximum absolute atomic E-state index is 13.3. The van der Waals surface area contributed by atoms with Gasteiger partial charge in [0.15, 0.2) is 5.17 Å². The molecule has 1 atom stereocenters. The number of rotatable bonds is 8. The van der Waals surface area contributed by atoms with Crippen molar-refractivity contribution in [1.82, 2.24) is 10.2 Å². The molecule has 1 aliphatic rings. The molecular formula is C27H26ClN3O2S. The van der Waals surface area contributed by atoms with Gasteiger partial charge in [-0.2, -0.15) is 0 Å². The third kappa shape index (κ3) is 6.27. The lowest BCUT2D eigenvalue weighted by atomic mass is 10.0. The zero-order chi connectivity index (χ0) is 23.8. The first-order valence-electron chi connectivity index (χ1n) is 11.2. The quantitative estimate of drug-likeness (QED) is 0.460. The Balaban J connectivity index is 1.46. The van der Waals surface area contributed by atoms with Crippen molar-refractivity contribution in [2.75, 3.05) is 18.8 Å². The highest BCUT2D eigenvalue weighted by atomic mass is 35.5. The molecule has 0 aliphatic carbocycles. The van der Waals surface area contributed by atoms with Crippen molar-refractivity contribution < 1.29 is 9.59 Å². The molecule has 0 aromatic heterocycles. The summed E-state index contributed by atoms with van der Waals surface area (Å²) in [5.41, 5.74) is 2.47. The van der Waals surface area contributed by atoms with Crippen molar-refractivity contribution in [3.05, 3.63) is 107 Å². The van der Waals surface area contributed by atoms with Gasteiger partial charge < -0.3 is 5.32 Å². The first-order chi connectivity index (χ1) is 16.6. The van der Waals surface area contributed by atoms with Gasteiger partial charge in [0.1, 0.15) is 0 Å². The summed E-state index contributed by atoms with van der Waals surface area (Å²) >= 11 is 7.82. The minimum absolute atomic E-state index is 0.0585. The van der Waals surface area contributed by atoms with Crippen LogP contribution < -0.4 is 5.32 Å². The normalized spacial score (nSPS) is 15.3. The summed E-state index contributed by atoms with van der Waals surface area (Å²) in [5.74, 6) is 0.453. The topological polar surface area (TPSA) is 61.8 Å². The number of hydrogen-bond acceptors (Lipinski definition) is 4. The highest BCUT2D eigenvalue weighted by molar-refractivity contribution is 8.14. The first-order valence-corrected chi connectivity index (χ1v) is 12.6. The van der Waals surface area contributed by atoms with Crippen LogP contribution in [0.3, 0.4) is 0 Å². The maximum Gasteiger partial charge on any atom is 0.253 e. The van der Waals surface area contributed by atoms with Crippen molar-refractivity contribution in [2.45, 2.75) is 18.9 Å². The van der Waals surface area contributed by atoms with Gasteiger partial charge in [-0.25, -0.2) is 0 Å². The summed E-state index contributed by atoms with van der Waals surface area (Å²) in [7, 11) is 0. The van der Waals surface area contributed by atoms with E-state index >= 15 is 0 Å². The molecule has 1 aliphatic heterocycles. The molecule has 0 radical (unpaired) electrons. The maximum atomic E-state index is 13.3. The third-order valence-electron chi connectivity index (χ3n) is 5.57. The highest BCUT2D eigenvalue weighted by Gasteiger charge is 2.29. The number of thioether (sulfide) groups is 1. The van der Waals surface area contributed by atoms with Crippen LogP contribution >= 0.6 is 23.4 Å². The van der Waals surface area contributed by atoms with Crippen LogP contribution in [0, 0.1) is 0 Å². The Bertz CT molecular complexity index is 1150. The molecule has 0 spiro atoms. The van der Waals surface area contributed by atoms with E-state index in [-0.39, 0.29) is 18.2 Å². The fraction of sp³-hybridized carbons (Fsp3) is 0.222. The Morgan fingerprint density at radius 3 is 2.38 bits per heavy atom. The van der Waals surface area contributed by atoms with Gasteiger partial charge in [0.25, 0.3) is 5.91 Å². The highest BCUT2D eigenvalue weighted by Crippen LogP contribution is 2.24. The van der Waals surface area contributed by atoms with Gasteiger partial charge >= 0.3 is 0 Å². The lowest BCUT2D eigenvalue weighted by molar-refractivity contribution is -0.127. The number of amidine groups is 1. The molecule has 5 nitrogen and oxygen atoms in total. The molecule has 7 heteroatoms. The fourth-order valence-corrected chi connectivity index (χ4v) is 5.00. The number of carbonyl (C=O) groups is 2. The molecule has 0 saturated carbocycles. The lowest BCUT2D eigenvalue weighted by Crippen LogP contribution is -2.37. The largest absolute Gasteiger partial charge is 0.345 e. The number of halogens is 1. The van der Waals surface area contributed by atoms with E-state index in [1.165, 1.54) is 5.56 Å². The van der Waals surface area contributed by atoms with Gasteiger partial charge in [-0.15, -0.1) is 0 Å². The summed E-state index contributed by atoms with van der Waals surface area (Å²) in [5, 5.41) is 4.14. The second kappa shape index (κ2) is 11.9. The SMILES string of the molecule is O=C(N[C@@H](CC(=O)N1CCSC1=NCCc1ccccc1)c1ccccc1)c1ccccc1Cl. The number of nitrogens with one attached hydrogen (secondary N) is 1. The molecule has 1 saturated heterocycles. The van der Waals surface area contributed by atoms with E-state index in [2.05, 4.69) is 17.4 Å². The van der Waals surface area contributed by atoms with Crippen LogP contribution in [0.15, 0.2) is 89.9 Å². The van der Waals surface area contributed by atoms with Crippen molar-refractivity contribution in [2.24, 2.45) is 4.99 Å². The van der Waals surface area contributed by atoms with Crippen molar-refractivity contribution in [3.63, 3.8) is 0 Å².